The van der Waals surface area contributed by atoms with Gasteiger partial charge < -0.3 is 10.2 Å². The Morgan fingerprint density at radius 2 is 1.81 bits per heavy atom. The van der Waals surface area contributed by atoms with E-state index in [-0.39, 0.29) is 5.69 Å². The van der Waals surface area contributed by atoms with Crippen LogP contribution in [0.25, 0.3) is 0 Å². The van der Waals surface area contributed by atoms with E-state index in [0.29, 0.717) is 18.5 Å². The summed E-state index contributed by atoms with van der Waals surface area (Å²) in [5.41, 5.74) is 0.321. The highest BCUT2D eigenvalue weighted by Gasteiger charge is 2.41. The standard InChI is InChI=1S/C19H17F3N2O2/c1-24-10-9-13(11-5-7-12(20)8-6-11)16(19(24)26)18(25)23-15-4-2-3-14(21)17(15)22/h2-8,13,16H,9-10H2,1H3,(H,23,25)/t13-,16+/m1/s1. The minimum Gasteiger partial charge on any atom is -0.345 e. The summed E-state index contributed by atoms with van der Waals surface area (Å²) in [6.07, 6.45) is 0.498. The van der Waals surface area contributed by atoms with E-state index in [9.17, 15) is 22.8 Å². The van der Waals surface area contributed by atoms with Gasteiger partial charge in [0, 0.05) is 19.5 Å². The van der Waals surface area contributed by atoms with Gasteiger partial charge in [-0.1, -0.05) is 18.2 Å². The Hall–Kier alpha value is -2.83. The van der Waals surface area contributed by atoms with Crippen LogP contribution in [-0.4, -0.2) is 30.3 Å². The number of likely N-dealkylation sites (tertiary alicyclic amines) is 1. The average molecular weight is 362 g/mol. The van der Waals surface area contributed by atoms with Crippen LogP contribution >= 0.6 is 0 Å². The average Bonchev–Trinajstić information content (AvgIpc) is 2.62. The third-order valence-corrected chi connectivity index (χ3v) is 4.61. The highest BCUT2D eigenvalue weighted by atomic mass is 19.2. The van der Waals surface area contributed by atoms with Crippen LogP contribution in [0.5, 0.6) is 0 Å². The molecule has 0 bridgehead atoms. The second kappa shape index (κ2) is 7.19. The maximum Gasteiger partial charge on any atom is 0.237 e. The second-order valence-electron chi connectivity index (χ2n) is 6.27. The Morgan fingerprint density at radius 1 is 1.12 bits per heavy atom. The number of piperidine rings is 1. The van der Waals surface area contributed by atoms with Crippen molar-refractivity contribution in [2.24, 2.45) is 5.92 Å². The van der Waals surface area contributed by atoms with Gasteiger partial charge in [-0.25, -0.2) is 13.2 Å². The van der Waals surface area contributed by atoms with E-state index in [2.05, 4.69) is 5.32 Å². The third kappa shape index (κ3) is 3.42. The summed E-state index contributed by atoms with van der Waals surface area (Å²) in [7, 11) is 1.58. The fourth-order valence-electron chi connectivity index (χ4n) is 3.19. The molecular formula is C19H17F3N2O2. The Labute approximate surface area is 148 Å². The Morgan fingerprint density at radius 3 is 2.50 bits per heavy atom. The number of carbonyl (C=O) groups is 2. The molecule has 136 valence electrons. The number of amides is 2. The minimum atomic E-state index is -1.18. The van der Waals surface area contributed by atoms with Crippen LogP contribution in [-0.2, 0) is 9.59 Å². The van der Waals surface area contributed by atoms with E-state index >= 15 is 0 Å². The van der Waals surface area contributed by atoms with Gasteiger partial charge in [0.2, 0.25) is 11.8 Å². The number of hydrogen-bond donors (Lipinski definition) is 1. The van der Waals surface area contributed by atoms with Crippen LogP contribution in [0.4, 0.5) is 18.9 Å². The molecule has 0 radical (unpaired) electrons. The molecule has 2 aromatic carbocycles. The smallest absolute Gasteiger partial charge is 0.237 e. The highest BCUT2D eigenvalue weighted by Crippen LogP contribution is 2.34. The summed E-state index contributed by atoms with van der Waals surface area (Å²) in [6.45, 7) is 0.443. The molecule has 1 saturated heterocycles. The zero-order chi connectivity index (χ0) is 18.8. The van der Waals surface area contributed by atoms with Crippen molar-refractivity contribution < 1.29 is 22.8 Å². The number of anilines is 1. The van der Waals surface area contributed by atoms with Gasteiger partial charge in [0.05, 0.1) is 5.69 Å². The summed E-state index contributed by atoms with van der Waals surface area (Å²) in [5.74, 6) is -5.42. The molecule has 3 rings (SSSR count). The third-order valence-electron chi connectivity index (χ3n) is 4.61. The Balaban J connectivity index is 1.91. The van der Waals surface area contributed by atoms with Crippen molar-refractivity contribution in [3.8, 4) is 0 Å². The van der Waals surface area contributed by atoms with Gasteiger partial charge >= 0.3 is 0 Å². The molecule has 1 aliphatic heterocycles. The van der Waals surface area contributed by atoms with Gasteiger partial charge in [0.25, 0.3) is 0 Å². The molecule has 0 aromatic heterocycles. The lowest BCUT2D eigenvalue weighted by Crippen LogP contribution is -2.47. The second-order valence-corrected chi connectivity index (χ2v) is 6.27. The number of carbonyl (C=O) groups excluding carboxylic acids is 2. The van der Waals surface area contributed by atoms with E-state index in [4.69, 9.17) is 0 Å². The van der Waals surface area contributed by atoms with Crippen molar-refractivity contribution in [2.45, 2.75) is 12.3 Å². The molecule has 2 amide bonds. The van der Waals surface area contributed by atoms with Gasteiger partial charge in [-0.15, -0.1) is 0 Å². The first-order valence-electron chi connectivity index (χ1n) is 8.14. The quantitative estimate of drug-likeness (QED) is 0.852. The lowest BCUT2D eigenvalue weighted by atomic mass is 9.79. The molecule has 1 fully saturated rings. The molecule has 4 nitrogen and oxygen atoms in total. The lowest BCUT2D eigenvalue weighted by molar-refractivity contribution is -0.143. The predicted octanol–water partition coefficient (Wildman–Crippen LogP) is 3.30. The van der Waals surface area contributed by atoms with Gasteiger partial charge in [0.1, 0.15) is 11.7 Å². The van der Waals surface area contributed by atoms with Crippen molar-refractivity contribution in [2.75, 3.05) is 18.9 Å². The largest absolute Gasteiger partial charge is 0.345 e. The van der Waals surface area contributed by atoms with Crippen molar-refractivity contribution in [3.63, 3.8) is 0 Å². The summed E-state index contributed by atoms with van der Waals surface area (Å²) >= 11 is 0. The number of rotatable bonds is 3. The topological polar surface area (TPSA) is 49.4 Å². The molecule has 0 aliphatic carbocycles. The van der Waals surface area contributed by atoms with E-state index in [1.54, 1.807) is 7.05 Å². The van der Waals surface area contributed by atoms with Crippen LogP contribution in [0.15, 0.2) is 42.5 Å². The molecule has 2 atom stereocenters. The normalized spacial score (nSPS) is 20.2. The number of halogens is 3. The zero-order valence-corrected chi connectivity index (χ0v) is 14.0. The van der Waals surface area contributed by atoms with Gasteiger partial charge in [-0.05, 0) is 36.2 Å². The van der Waals surface area contributed by atoms with Gasteiger partial charge in [0.15, 0.2) is 11.6 Å². The fourth-order valence-corrected chi connectivity index (χ4v) is 3.19. The summed E-state index contributed by atoms with van der Waals surface area (Å²) in [6, 6.07) is 9.01. The molecule has 0 unspecified atom stereocenters. The summed E-state index contributed by atoms with van der Waals surface area (Å²) < 4.78 is 40.4. The zero-order valence-electron chi connectivity index (χ0n) is 14.0. The number of nitrogens with zero attached hydrogens (tertiary/aromatic N) is 1. The Bertz CT molecular complexity index is 839. The summed E-state index contributed by atoms with van der Waals surface area (Å²) in [4.78, 5) is 26.7. The molecule has 26 heavy (non-hydrogen) atoms. The molecule has 1 heterocycles. The van der Waals surface area contributed by atoms with Gasteiger partial charge in [-0.3, -0.25) is 9.59 Å². The van der Waals surface area contributed by atoms with Crippen LogP contribution in [0.1, 0.15) is 17.9 Å². The van der Waals surface area contributed by atoms with Crippen molar-refractivity contribution >= 4 is 17.5 Å². The lowest BCUT2D eigenvalue weighted by Gasteiger charge is -2.35. The maximum absolute atomic E-state index is 13.8. The van der Waals surface area contributed by atoms with Crippen LogP contribution in [0.3, 0.4) is 0 Å². The van der Waals surface area contributed by atoms with Crippen LogP contribution in [0, 0.1) is 23.4 Å². The molecule has 0 saturated carbocycles. The van der Waals surface area contributed by atoms with Crippen LogP contribution < -0.4 is 5.32 Å². The molecule has 2 aromatic rings. The first-order chi connectivity index (χ1) is 12.4. The molecule has 7 heteroatoms. The number of hydrogen-bond acceptors (Lipinski definition) is 2. The monoisotopic (exact) mass is 362 g/mol. The van der Waals surface area contributed by atoms with E-state index in [0.717, 1.165) is 6.07 Å². The minimum absolute atomic E-state index is 0.325. The SMILES string of the molecule is CN1CC[C@H](c2ccc(F)cc2)[C@@H](C(=O)Nc2cccc(F)c2F)C1=O. The predicted molar refractivity (Wildman–Crippen MR) is 89.9 cm³/mol. The number of benzene rings is 2. The molecular weight excluding hydrogens is 345 g/mol. The fraction of sp³-hybridized carbons (Fsp3) is 0.263. The molecule has 1 aliphatic rings. The first kappa shape index (κ1) is 18.0. The van der Waals surface area contributed by atoms with E-state index in [1.807, 2.05) is 0 Å². The highest BCUT2D eigenvalue weighted by molar-refractivity contribution is 6.07. The summed E-state index contributed by atoms with van der Waals surface area (Å²) in [5, 5.41) is 2.31. The number of nitrogens with one attached hydrogen (secondary N) is 1. The maximum atomic E-state index is 13.8. The van der Waals surface area contributed by atoms with Crippen molar-refractivity contribution in [3.05, 3.63) is 65.5 Å². The van der Waals surface area contributed by atoms with Gasteiger partial charge in [-0.2, -0.15) is 0 Å². The molecule has 0 spiro atoms. The van der Waals surface area contributed by atoms with Crippen LogP contribution in [0.2, 0.25) is 0 Å². The first-order valence-corrected chi connectivity index (χ1v) is 8.14. The Kier molecular flexibility index (Phi) is 4.97. The van der Waals surface area contributed by atoms with Crippen molar-refractivity contribution in [1.29, 1.82) is 0 Å². The molecule has 1 N–H and O–H groups in total. The van der Waals surface area contributed by atoms with E-state index < -0.39 is 41.1 Å². The van der Waals surface area contributed by atoms with Crippen molar-refractivity contribution in [1.82, 2.24) is 4.90 Å². The van der Waals surface area contributed by atoms with E-state index in [1.165, 1.54) is 41.3 Å².